The summed E-state index contributed by atoms with van der Waals surface area (Å²) in [7, 11) is 0. The van der Waals surface area contributed by atoms with Gasteiger partial charge in [-0.15, -0.1) is 0 Å². The summed E-state index contributed by atoms with van der Waals surface area (Å²) in [5.41, 5.74) is 9.60. The van der Waals surface area contributed by atoms with Crippen LogP contribution in [0.5, 0.6) is 5.75 Å². The standard InChI is InChI=1S/C36H35N5O2S/c1-23-13-14-24(2)32(20-23)40-25(3)21-30(26(40)4)35-34(31-12-8-9-19-37-31)39-36(44)41(35)28-17-15-27(16-18-28)38-33(42)22-43-29-10-6-5-7-11-29/h5-21,34-35H,22H2,1-4H3,(H,38,42)(H,39,44)/t34-,35-/m1/s1. The van der Waals surface area contributed by atoms with Crippen molar-refractivity contribution in [3.8, 4) is 11.4 Å². The van der Waals surface area contributed by atoms with Crippen molar-refractivity contribution in [3.05, 3.63) is 137 Å². The maximum atomic E-state index is 12.6. The van der Waals surface area contributed by atoms with E-state index in [0.717, 1.165) is 22.8 Å². The first-order valence-electron chi connectivity index (χ1n) is 14.6. The molecule has 222 valence electrons. The molecule has 1 amide bonds. The Morgan fingerprint density at radius 2 is 1.68 bits per heavy atom. The van der Waals surface area contributed by atoms with E-state index in [1.807, 2.05) is 79.0 Å². The number of amides is 1. The van der Waals surface area contributed by atoms with Gasteiger partial charge in [-0.05, 0) is 117 Å². The molecule has 0 aliphatic carbocycles. The van der Waals surface area contributed by atoms with Crippen LogP contribution in [0.4, 0.5) is 11.4 Å². The first kappa shape index (κ1) is 29.1. The molecule has 2 atom stereocenters. The first-order valence-corrected chi connectivity index (χ1v) is 15.1. The average molecular weight is 602 g/mol. The highest BCUT2D eigenvalue weighted by Crippen LogP contribution is 2.44. The van der Waals surface area contributed by atoms with Gasteiger partial charge in [-0.2, -0.15) is 0 Å². The van der Waals surface area contributed by atoms with Crippen LogP contribution in [0.25, 0.3) is 5.69 Å². The minimum atomic E-state index is -0.230. The van der Waals surface area contributed by atoms with Crippen molar-refractivity contribution in [2.24, 2.45) is 0 Å². The van der Waals surface area contributed by atoms with Crippen LogP contribution in [0, 0.1) is 27.7 Å². The fourth-order valence-corrected chi connectivity index (χ4v) is 6.28. The van der Waals surface area contributed by atoms with Gasteiger partial charge in [0.15, 0.2) is 11.7 Å². The van der Waals surface area contributed by atoms with Gasteiger partial charge >= 0.3 is 0 Å². The average Bonchev–Trinajstić information content (AvgIpc) is 3.53. The first-order chi connectivity index (χ1) is 21.3. The molecule has 0 bridgehead atoms. The molecule has 0 spiro atoms. The summed E-state index contributed by atoms with van der Waals surface area (Å²) in [6.07, 6.45) is 1.82. The Morgan fingerprint density at radius 1 is 0.932 bits per heavy atom. The number of nitrogens with one attached hydrogen (secondary N) is 2. The molecule has 1 fully saturated rings. The summed E-state index contributed by atoms with van der Waals surface area (Å²) < 4.78 is 7.93. The minimum Gasteiger partial charge on any atom is -0.484 e. The minimum absolute atomic E-state index is 0.0737. The third kappa shape index (κ3) is 5.81. The molecule has 2 aromatic heterocycles. The monoisotopic (exact) mass is 601 g/mol. The number of anilines is 2. The molecular formula is C36H35N5O2S. The molecule has 8 heteroatoms. The Labute approximate surface area is 263 Å². The highest BCUT2D eigenvalue weighted by Gasteiger charge is 2.42. The van der Waals surface area contributed by atoms with Crippen molar-refractivity contribution in [1.82, 2.24) is 14.9 Å². The molecule has 7 nitrogen and oxygen atoms in total. The van der Waals surface area contributed by atoms with Crippen LogP contribution in [0.15, 0.2) is 103 Å². The third-order valence-electron chi connectivity index (χ3n) is 8.03. The van der Waals surface area contributed by atoms with Gasteiger partial charge in [0.05, 0.1) is 17.8 Å². The number of nitrogens with zero attached hydrogens (tertiary/aromatic N) is 3. The highest BCUT2D eigenvalue weighted by molar-refractivity contribution is 7.80. The number of aromatic nitrogens is 2. The maximum absolute atomic E-state index is 12.6. The fraction of sp³-hybridized carbons (Fsp3) is 0.194. The normalized spacial score (nSPS) is 16.1. The van der Waals surface area contributed by atoms with Gasteiger partial charge in [-0.3, -0.25) is 9.78 Å². The van der Waals surface area contributed by atoms with E-state index in [2.05, 4.69) is 72.1 Å². The van der Waals surface area contributed by atoms with Gasteiger partial charge in [0.2, 0.25) is 0 Å². The number of pyridine rings is 1. The van der Waals surface area contributed by atoms with Gasteiger partial charge in [0, 0.05) is 34.6 Å². The van der Waals surface area contributed by atoms with Crippen LogP contribution in [0.3, 0.4) is 0 Å². The zero-order valence-corrected chi connectivity index (χ0v) is 26.1. The summed E-state index contributed by atoms with van der Waals surface area (Å²) in [6, 6.07) is 31.5. The number of benzene rings is 3. The molecule has 0 saturated carbocycles. The Balaban J connectivity index is 1.32. The van der Waals surface area contributed by atoms with E-state index < -0.39 is 0 Å². The maximum Gasteiger partial charge on any atom is 0.262 e. The molecule has 1 aliphatic heterocycles. The van der Waals surface area contributed by atoms with E-state index in [-0.39, 0.29) is 24.6 Å². The van der Waals surface area contributed by atoms with Crippen LogP contribution in [0.2, 0.25) is 0 Å². The van der Waals surface area contributed by atoms with Gasteiger partial charge < -0.3 is 24.8 Å². The van der Waals surface area contributed by atoms with Crippen molar-refractivity contribution >= 4 is 34.6 Å². The molecule has 0 radical (unpaired) electrons. The summed E-state index contributed by atoms with van der Waals surface area (Å²) in [4.78, 5) is 19.4. The van der Waals surface area contributed by atoms with Gasteiger partial charge in [0.1, 0.15) is 5.75 Å². The molecule has 2 N–H and O–H groups in total. The van der Waals surface area contributed by atoms with Crippen LogP contribution in [-0.2, 0) is 4.79 Å². The predicted octanol–water partition coefficient (Wildman–Crippen LogP) is 7.30. The lowest BCUT2D eigenvalue weighted by molar-refractivity contribution is -0.118. The van der Waals surface area contributed by atoms with Crippen LogP contribution in [-0.4, -0.2) is 27.2 Å². The molecule has 1 aliphatic rings. The third-order valence-corrected chi connectivity index (χ3v) is 8.35. The fourth-order valence-electron chi connectivity index (χ4n) is 5.94. The summed E-state index contributed by atoms with van der Waals surface area (Å²) in [5.74, 6) is 0.422. The second-order valence-corrected chi connectivity index (χ2v) is 11.5. The molecule has 3 heterocycles. The Hall–Kier alpha value is -4.95. The number of para-hydroxylation sites is 1. The number of carbonyl (C=O) groups excluding carboxylic acids is 1. The summed E-state index contributed by atoms with van der Waals surface area (Å²) in [5, 5.41) is 7.10. The van der Waals surface area contributed by atoms with Crippen molar-refractivity contribution in [1.29, 1.82) is 0 Å². The van der Waals surface area contributed by atoms with Gasteiger partial charge in [0.25, 0.3) is 5.91 Å². The quantitative estimate of drug-likeness (QED) is 0.182. The number of hydrogen-bond acceptors (Lipinski definition) is 4. The topological polar surface area (TPSA) is 71.4 Å². The van der Waals surface area contributed by atoms with E-state index in [4.69, 9.17) is 21.9 Å². The van der Waals surface area contributed by atoms with Crippen LogP contribution >= 0.6 is 12.2 Å². The van der Waals surface area contributed by atoms with E-state index in [9.17, 15) is 4.79 Å². The van der Waals surface area contributed by atoms with Crippen molar-refractivity contribution in [3.63, 3.8) is 0 Å². The van der Waals surface area contributed by atoms with E-state index >= 15 is 0 Å². The van der Waals surface area contributed by atoms with Crippen molar-refractivity contribution in [2.75, 3.05) is 16.8 Å². The number of thiocarbonyl (C=S) groups is 1. The van der Waals surface area contributed by atoms with Crippen LogP contribution < -0.4 is 20.3 Å². The lowest BCUT2D eigenvalue weighted by Gasteiger charge is -2.28. The number of carbonyl (C=O) groups is 1. The van der Waals surface area contributed by atoms with Crippen LogP contribution in [0.1, 0.15) is 45.9 Å². The summed E-state index contributed by atoms with van der Waals surface area (Å²) >= 11 is 5.97. The largest absolute Gasteiger partial charge is 0.484 e. The second-order valence-electron chi connectivity index (χ2n) is 11.1. The van der Waals surface area contributed by atoms with Gasteiger partial charge in [-0.25, -0.2) is 0 Å². The zero-order chi connectivity index (χ0) is 30.8. The van der Waals surface area contributed by atoms with Crippen molar-refractivity contribution in [2.45, 2.75) is 39.8 Å². The lowest BCUT2D eigenvalue weighted by Crippen LogP contribution is -2.29. The molecule has 6 rings (SSSR count). The molecular weight excluding hydrogens is 566 g/mol. The molecule has 3 aromatic carbocycles. The zero-order valence-electron chi connectivity index (χ0n) is 25.2. The number of ether oxygens (including phenoxy) is 1. The van der Waals surface area contributed by atoms with E-state index in [1.165, 1.54) is 22.4 Å². The Morgan fingerprint density at radius 3 is 2.41 bits per heavy atom. The molecule has 44 heavy (non-hydrogen) atoms. The smallest absolute Gasteiger partial charge is 0.262 e. The predicted molar refractivity (Wildman–Crippen MR) is 180 cm³/mol. The van der Waals surface area contributed by atoms with E-state index in [1.54, 1.807) is 0 Å². The summed E-state index contributed by atoms with van der Waals surface area (Å²) in [6.45, 7) is 8.53. The Bertz CT molecular complexity index is 1800. The van der Waals surface area contributed by atoms with Crippen molar-refractivity contribution < 1.29 is 9.53 Å². The van der Waals surface area contributed by atoms with Gasteiger partial charge in [-0.1, -0.05) is 36.4 Å². The van der Waals surface area contributed by atoms with E-state index in [0.29, 0.717) is 16.5 Å². The number of hydrogen-bond donors (Lipinski definition) is 2. The Kier molecular flexibility index (Phi) is 8.17. The number of rotatable bonds is 8. The lowest BCUT2D eigenvalue weighted by atomic mass is 9.96. The number of aryl methyl sites for hydroxylation is 3. The highest BCUT2D eigenvalue weighted by atomic mass is 32.1. The second kappa shape index (κ2) is 12.3. The molecule has 1 saturated heterocycles. The molecule has 5 aromatic rings. The SMILES string of the molecule is Cc1ccc(C)c(-n2c(C)cc([C@@H]3[C@@H](c4ccccn4)NC(=S)N3c3ccc(NC(=O)COc4ccccc4)cc3)c2C)c1. The molecule has 0 unspecified atom stereocenters.